The first-order valence-corrected chi connectivity index (χ1v) is 9.61. The van der Waals surface area contributed by atoms with Crippen molar-refractivity contribution in [3.63, 3.8) is 0 Å². The molecule has 0 atom stereocenters. The molecule has 2 aromatic carbocycles. The van der Waals surface area contributed by atoms with E-state index < -0.39 is 0 Å². The lowest BCUT2D eigenvalue weighted by Gasteiger charge is -2.00. The van der Waals surface area contributed by atoms with Gasteiger partial charge < -0.3 is 10.2 Å². The zero-order valence-electron chi connectivity index (χ0n) is 13.7. The number of benzene rings is 2. The molecule has 0 spiro atoms. The Balaban J connectivity index is 1.65. The van der Waals surface area contributed by atoms with Gasteiger partial charge in [0.15, 0.2) is 0 Å². The van der Waals surface area contributed by atoms with Crippen LogP contribution in [0.4, 0.5) is 0 Å². The van der Waals surface area contributed by atoms with Crippen LogP contribution in [0.15, 0.2) is 55.3 Å². The fraction of sp³-hybridized carbons (Fsp3) is 0.263. The second kappa shape index (κ2) is 10.4. The molecule has 0 aromatic heterocycles. The highest BCUT2D eigenvalue weighted by atomic mass is 79.9. The zero-order chi connectivity index (χ0) is 18.1. The van der Waals surface area contributed by atoms with Crippen molar-refractivity contribution in [2.24, 2.45) is 9.98 Å². The van der Waals surface area contributed by atoms with Crippen molar-refractivity contribution < 1.29 is 10.2 Å². The van der Waals surface area contributed by atoms with Crippen LogP contribution in [0.5, 0.6) is 11.5 Å². The van der Waals surface area contributed by atoms with Crippen LogP contribution in [-0.4, -0.2) is 35.7 Å². The molecule has 0 bridgehead atoms. The fourth-order valence-electron chi connectivity index (χ4n) is 2.17. The third kappa shape index (κ3) is 7.00. The lowest BCUT2D eigenvalue weighted by molar-refractivity contribution is 0.474. The van der Waals surface area contributed by atoms with Crippen molar-refractivity contribution >= 4 is 44.3 Å². The van der Waals surface area contributed by atoms with Gasteiger partial charge in [0.25, 0.3) is 0 Å². The molecule has 132 valence electrons. The second-order valence-electron chi connectivity index (χ2n) is 5.54. The molecule has 2 N–H and O–H groups in total. The molecule has 2 aromatic rings. The highest BCUT2D eigenvalue weighted by Gasteiger charge is 1.99. The average Bonchev–Trinajstić information content (AvgIpc) is 2.59. The summed E-state index contributed by atoms with van der Waals surface area (Å²) in [7, 11) is 0. The quantitative estimate of drug-likeness (QED) is 0.407. The maximum Gasteiger partial charge on any atom is 0.124 e. The standard InChI is InChI=1S/C19H20Br2N2O2/c20-16-4-6-18(24)14(10-16)12-22-8-2-1-3-9-23-13-15-11-17(21)5-7-19(15)25/h4-7,10-13,24-25H,1-3,8-9H2. The Labute approximate surface area is 164 Å². The van der Waals surface area contributed by atoms with E-state index in [0.717, 1.165) is 41.3 Å². The summed E-state index contributed by atoms with van der Waals surface area (Å²) in [6.45, 7) is 1.45. The average molecular weight is 468 g/mol. The van der Waals surface area contributed by atoms with Crippen LogP contribution in [0.1, 0.15) is 30.4 Å². The summed E-state index contributed by atoms with van der Waals surface area (Å²) in [5, 5.41) is 19.4. The lowest BCUT2D eigenvalue weighted by atomic mass is 10.2. The van der Waals surface area contributed by atoms with Gasteiger partial charge in [-0.1, -0.05) is 31.9 Å². The Morgan fingerprint density at radius 1 is 0.720 bits per heavy atom. The Hall–Kier alpha value is -1.66. The smallest absolute Gasteiger partial charge is 0.124 e. The Kier molecular flexibility index (Phi) is 8.15. The number of hydrogen-bond acceptors (Lipinski definition) is 4. The number of aromatic hydroxyl groups is 2. The molecule has 2 rings (SSSR count). The van der Waals surface area contributed by atoms with Crippen LogP contribution in [0.2, 0.25) is 0 Å². The van der Waals surface area contributed by atoms with Gasteiger partial charge in [0.1, 0.15) is 11.5 Å². The predicted molar refractivity (Wildman–Crippen MR) is 110 cm³/mol. The first kappa shape index (κ1) is 19.7. The van der Waals surface area contributed by atoms with Gasteiger partial charge in [-0.25, -0.2) is 0 Å². The van der Waals surface area contributed by atoms with Gasteiger partial charge in [0.05, 0.1) is 0 Å². The number of nitrogens with zero attached hydrogens (tertiary/aromatic N) is 2. The Morgan fingerprint density at radius 3 is 1.60 bits per heavy atom. The number of hydrogen-bond donors (Lipinski definition) is 2. The molecule has 0 aliphatic carbocycles. The van der Waals surface area contributed by atoms with Crippen molar-refractivity contribution in [1.29, 1.82) is 0 Å². The summed E-state index contributed by atoms with van der Waals surface area (Å²) >= 11 is 6.75. The fourth-order valence-corrected chi connectivity index (χ4v) is 2.92. The minimum Gasteiger partial charge on any atom is -0.507 e. The number of rotatable bonds is 8. The first-order chi connectivity index (χ1) is 12.1. The van der Waals surface area contributed by atoms with E-state index in [4.69, 9.17) is 0 Å². The third-order valence-electron chi connectivity index (χ3n) is 3.51. The summed E-state index contributed by atoms with van der Waals surface area (Å²) in [6.07, 6.45) is 6.39. The minimum absolute atomic E-state index is 0.233. The Bertz CT molecular complexity index is 698. The maximum atomic E-state index is 9.72. The predicted octanol–water partition coefficient (Wildman–Crippen LogP) is 5.33. The summed E-state index contributed by atoms with van der Waals surface area (Å²) in [6, 6.07) is 10.6. The Morgan fingerprint density at radius 2 is 1.16 bits per heavy atom. The van der Waals surface area contributed by atoms with Crippen LogP contribution in [0, 0.1) is 0 Å². The summed E-state index contributed by atoms with van der Waals surface area (Å²) < 4.78 is 1.84. The van der Waals surface area contributed by atoms with Gasteiger partial charge >= 0.3 is 0 Å². The lowest BCUT2D eigenvalue weighted by Crippen LogP contribution is -1.89. The first-order valence-electron chi connectivity index (χ1n) is 8.03. The van der Waals surface area contributed by atoms with E-state index in [2.05, 4.69) is 41.8 Å². The molecule has 0 heterocycles. The monoisotopic (exact) mass is 466 g/mol. The summed E-state index contributed by atoms with van der Waals surface area (Å²) in [4.78, 5) is 8.70. The molecule has 0 saturated heterocycles. The molecule has 0 aliphatic heterocycles. The van der Waals surface area contributed by atoms with Gasteiger partial charge in [-0.2, -0.15) is 0 Å². The maximum absolute atomic E-state index is 9.72. The summed E-state index contributed by atoms with van der Waals surface area (Å²) in [5.41, 5.74) is 1.43. The molecule has 0 amide bonds. The van der Waals surface area contributed by atoms with E-state index in [0.29, 0.717) is 11.1 Å². The van der Waals surface area contributed by atoms with Crippen LogP contribution < -0.4 is 0 Å². The molecular weight excluding hydrogens is 448 g/mol. The number of halogens is 2. The molecule has 4 nitrogen and oxygen atoms in total. The van der Waals surface area contributed by atoms with Gasteiger partial charge in [0, 0.05) is 45.6 Å². The van der Waals surface area contributed by atoms with Gasteiger partial charge in [-0.3, -0.25) is 9.98 Å². The van der Waals surface area contributed by atoms with Crippen molar-refractivity contribution in [2.45, 2.75) is 19.3 Å². The van der Waals surface area contributed by atoms with Crippen molar-refractivity contribution in [3.8, 4) is 11.5 Å². The van der Waals surface area contributed by atoms with Crippen LogP contribution in [0.3, 0.4) is 0 Å². The van der Waals surface area contributed by atoms with Crippen molar-refractivity contribution in [3.05, 3.63) is 56.5 Å². The van der Waals surface area contributed by atoms with E-state index in [-0.39, 0.29) is 11.5 Å². The number of phenols is 2. The molecular formula is C19H20Br2N2O2. The van der Waals surface area contributed by atoms with E-state index in [1.165, 1.54) is 0 Å². The molecule has 0 unspecified atom stereocenters. The van der Waals surface area contributed by atoms with E-state index in [1.54, 1.807) is 36.7 Å². The summed E-state index contributed by atoms with van der Waals surface area (Å²) in [5.74, 6) is 0.467. The second-order valence-corrected chi connectivity index (χ2v) is 7.37. The largest absolute Gasteiger partial charge is 0.507 e. The van der Waals surface area contributed by atoms with E-state index in [1.807, 2.05) is 12.1 Å². The number of aliphatic imine (C=N–C) groups is 2. The van der Waals surface area contributed by atoms with E-state index >= 15 is 0 Å². The molecule has 0 saturated carbocycles. The zero-order valence-corrected chi connectivity index (χ0v) is 16.9. The molecule has 0 fully saturated rings. The van der Waals surface area contributed by atoms with Crippen molar-refractivity contribution in [2.75, 3.05) is 13.1 Å². The van der Waals surface area contributed by atoms with E-state index in [9.17, 15) is 10.2 Å². The highest BCUT2D eigenvalue weighted by molar-refractivity contribution is 9.10. The van der Waals surface area contributed by atoms with Crippen molar-refractivity contribution in [1.82, 2.24) is 0 Å². The van der Waals surface area contributed by atoms with Gasteiger partial charge in [-0.15, -0.1) is 0 Å². The minimum atomic E-state index is 0.233. The van der Waals surface area contributed by atoms with Crippen LogP contribution in [-0.2, 0) is 0 Å². The van der Waals surface area contributed by atoms with Gasteiger partial charge in [-0.05, 0) is 55.7 Å². The molecule has 25 heavy (non-hydrogen) atoms. The van der Waals surface area contributed by atoms with Crippen LogP contribution >= 0.6 is 31.9 Å². The molecule has 6 heteroatoms. The normalized spacial score (nSPS) is 11.6. The molecule has 0 radical (unpaired) electrons. The highest BCUT2D eigenvalue weighted by Crippen LogP contribution is 2.21. The molecule has 0 aliphatic rings. The van der Waals surface area contributed by atoms with Gasteiger partial charge in [0.2, 0.25) is 0 Å². The third-order valence-corrected chi connectivity index (χ3v) is 4.50. The SMILES string of the molecule is Oc1ccc(Br)cc1C=NCCCCCN=Cc1cc(Br)ccc1O. The number of phenolic OH excluding ortho intramolecular Hbond substituents is 2. The topological polar surface area (TPSA) is 65.2 Å². The van der Waals surface area contributed by atoms with Crippen LogP contribution in [0.25, 0.3) is 0 Å². The number of unbranched alkanes of at least 4 members (excludes halogenated alkanes) is 2.